The minimum atomic E-state index is 0.0217. The Kier molecular flexibility index (Phi) is 5.94. The highest BCUT2D eigenvalue weighted by atomic mass is 16.5. The Bertz CT molecular complexity index is 213. The molecular formula is C15H31NO. The summed E-state index contributed by atoms with van der Waals surface area (Å²) in [7, 11) is 0. The second-order valence-electron chi connectivity index (χ2n) is 6.25. The molecule has 1 N–H and O–H groups in total. The summed E-state index contributed by atoms with van der Waals surface area (Å²) in [4.78, 5) is 0. The fraction of sp³-hybridized carbons (Fsp3) is 1.00. The summed E-state index contributed by atoms with van der Waals surface area (Å²) in [5.74, 6) is 0.812. The Morgan fingerprint density at radius 2 is 1.94 bits per heavy atom. The number of hydrogen-bond donors (Lipinski definition) is 1. The average Bonchev–Trinajstić information content (AvgIpc) is 2.28. The van der Waals surface area contributed by atoms with Crippen molar-refractivity contribution < 1.29 is 4.74 Å². The molecule has 0 heterocycles. The van der Waals surface area contributed by atoms with Crippen molar-refractivity contribution in [3.8, 4) is 0 Å². The van der Waals surface area contributed by atoms with Gasteiger partial charge < -0.3 is 10.1 Å². The van der Waals surface area contributed by atoms with Crippen molar-refractivity contribution in [1.29, 1.82) is 0 Å². The number of ether oxygens (including phenoxy) is 1. The van der Waals surface area contributed by atoms with E-state index in [1.165, 1.54) is 25.7 Å². The molecule has 0 aliphatic heterocycles. The zero-order valence-corrected chi connectivity index (χ0v) is 12.4. The summed E-state index contributed by atoms with van der Waals surface area (Å²) in [5.41, 5.74) is 0.0217. The van der Waals surface area contributed by atoms with Crippen molar-refractivity contribution in [2.45, 2.75) is 84.5 Å². The van der Waals surface area contributed by atoms with E-state index >= 15 is 0 Å². The smallest absolute Gasteiger partial charge is 0.0737 e. The molecule has 1 aliphatic carbocycles. The maximum atomic E-state index is 6.35. The SMILES string of the molecule is CCCNC1CCC(C)CC1OC(C)(C)CC. The standard InChI is InChI=1S/C15H31NO/c1-6-10-16-13-9-8-12(3)11-14(13)17-15(4,5)7-2/h12-14,16H,6-11H2,1-5H3. The predicted molar refractivity (Wildman–Crippen MR) is 74.3 cm³/mol. The Balaban J connectivity index is 2.55. The quantitative estimate of drug-likeness (QED) is 0.764. The summed E-state index contributed by atoms with van der Waals surface area (Å²) in [6.45, 7) is 12.3. The lowest BCUT2D eigenvalue weighted by Gasteiger charge is -2.40. The van der Waals surface area contributed by atoms with E-state index in [1.807, 2.05) is 0 Å². The molecule has 1 fully saturated rings. The van der Waals surface area contributed by atoms with E-state index < -0.39 is 0 Å². The van der Waals surface area contributed by atoms with Crippen LogP contribution in [0.4, 0.5) is 0 Å². The van der Waals surface area contributed by atoms with Crippen LogP contribution in [0, 0.1) is 5.92 Å². The maximum Gasteiger partial charge on any atom is 0.0737 e. The minimum Gasteiger partial charge on any atom is -0.371 e. The normalized spacial score (nSPS) is 30.5. The summed E-state index contributed by atoms with van der Waals surface area (Å²) < 4.78 is 6.35. The van der Waals surface area contributed by atoms with Crippen LogP contribution in [0.15, 0.2) is 0 Å². The summed E-state index contributed by atoms with van der Waals surface area (Å²) in [6, 6.07) is 0.567. The topological polar surface area (TPSA) is 21.3 Å². The fourth-order valence-corrected chi connectivity index (χ4v) is 2.52. The van der Waals surface area contributed by atoms with E-state index in [2.05, 4.69) is 39.9 Å². The van der Waals surface area contributed by atoms with E-state index in [0.717, 1.165) is 18.9 Å². The maximum absolute atomic E-state index is 6.35. The molecule has 0 bridgehead atoms. The molecule has 0 aromatic carbocycles. The Hall–Kier alpha value is -0.0800. The first-order valence-electron chi connectivity index (χ1n) is 7.39. The molecule has 0 aromatic rings. The molecule has 102 valence electrons. The Morgan fingerprint density at radius 1 is 1.24 bits per heavy atom. The molecule has 1 rings (SSSR count). The predicted octanol–water partition coefficient (Wildman–Crippen LogP) is 3.75. The Morgan fingerprint density at radius 3 is 2.53 bits per heavy atom. The van der Waals surface area contributed by atoms with Gasteiger partial charge in [-0.05, 0) is 58.4 Å². The molecule has 17 heavy (non-hydrogen) atoms. The first-order valence-corrected chi connectivity index (χ1v) is 7.39. The van der Waals surface area contributed by atoms with Crippen molar-refractivity contribution >= 4 is 0 Å². The van der Waals surface area contributed by atoms with Crippen molar-refractivity contribution in [3.05, 3.63) is 0 Å². The highest BCUT2D eigenvalue weighted by molar-refractivity contribution is 4.86. The molecule has 0 radical (unpaired) electrons. The first-order chi connectivity index (χ1) is 7.98. The van der Waals surface area contributed by atoms with Gasteiger partial charge in [-0.1, -0.05) is 20.8 Å². The van der Waals surface area contributed by atoms with Crippen LogP contribution in [0.5, 0.6) is 0 Å². The van der Waals surface area contributed by atoms with Gasteiger partial charge in [0.25, 0.3) is 0 Å². The third-order valence-electron chi connectivity index (χ3n) is 4.03. The van der Waals surface area contributed by atoms with Crippen LogP contribution in [-0.4, -0.2) is 24.3 Å². The molecule has 1 aliphatic rings. The highest BCUT2D eigenvalue weighted by Gasteiger charge is 2.32. The van der Waals surface area contributed by atoms with Crippen LogP contribution in [0.1, 0.15) is 66.7 Å². The van der Waals surface area contributed by atoms with Gasteiger partial charge in [0, 0.05) is 6.04 Å². The van der Waals surface area contributed by atoms with Gasteiger partial charge in [0.2, 0.25) is 0 Å². The van der Waals surface area contributed by atoms with Gasteiger partial charge in [-0.15, -0.1) is 0 Å². The number of rotatable bonds is 6. The van der Waals surface area contributed by atoms with Gasteiger partial charge in [-0.2, -0.15) is 0 Å². The van der Waals surface area contributed by atoms with Gasteiger partial charge in [-0.3, -0.25) is 0 Å². The third kappa shape index (κ3) is 4.97. The first kappa shape index (κ1) is 15.0. The summed E-state index contributed by atoms with van der Waals surface area (Å²) in [6.07, 6.45) is 6.51. The number of hydrogen-bond acceptors (Lipinski definition) is 2. The summed E-state index contributed by atoms with van der Waals surface area (Å²) >= 11 is 0. The lowest BCUT2D eigenvalue weighted by atomic mass is 9.84. The van der Waals surface area contributed by atoms with Crippen LogP contribution in [0.3, 0.4) is 0 Å². The van der Waals surface area contributed by atoms with Crippen molar-refractivity contribution in [2.24, 2.45) is 5.92 Å². The van der Waals surface area contributed by atoms with Crippen molar-refractivity contribution in [3.63, 3.8) is 0 Å². The van der Waals surface area contributed by atoms with E-state index in [-0.39, 0.29) is 5.60 Å². The zero-order valence-electron chi connectivity index (χ0n) is 12.4. The van der Waals surface area contributed by atoms with E-state index in [4.69, 9.17) is 4.74 Å². The van der Waals surface area contributed by atoms with Gasteiger partial charge in [0.05, 0.1) is 11.7 Å². The monoisotopic (exact) mass is 241 g/mol. The third-order valence-corrected chi connectivity index (χ3v) is 4.03. The number of nitrogens with one attached hydrogen (secondary N) is 1. The molecule has 2 nitrogen and oxygen atoms in total. The van der Waals surface area contributed by atoms with Crippen LogP contribution in [-0.2, 0) is 4.74 Å². The molecule has 2 heteroatoms. The van der Waals surface area contributed by atoms with Crippen LogP contribution >= 0.6 is 0 Å². The molecule has 1 saturated carbocycles. The molecule has 0 aromatic heterocycles. The summed E-state index contributed by atoms with van der Waals surface area (Å²) in [5, 5.41) is 3.66. The Labute approximate surface area is 108 Å². The second-order valence-corrected chi connectivity index (χ2v) is 6.25. The average molecular weight is 241 g/mol. The van der Waals surface area contributed by atoms with Gasteiger partial charge in [-0.25, -0.2) is 0 Å². The molecule has 0 saturated heterocycles. The second kappa shape index (κ2) is 6.75. The van der Waals surface area contributed by atoms with E-state index in [9.17, 15) is 0 Å². The van der Waals surface area contributed by atoms with Crippen molar-refractivity contribution in [2.75, 3.05) is 6.54 Å². The minimum absolute atomic E-state index is 0.0217. The van der Waals surface area contributed by atoms with Crippen LogP contribution in [0.25, 0.3) is 0 Å². The van der Waals surface area contributed by atoms with Gasteiger partial charge in [0.1, 0.15) is 0 Å². The fourth-order valence-electron chi connectivity index (χ4n) is 2.52. The molecule has 0 amide bonds. The zero-order chi connectivity index (χ0) is 12.9. The molecule has 0 spiro atoms. The largest absolute Gasteiger partial charge is 0.371 e. The lowest BCUT2D eigenvalue weighted by molar-refractivity contribution is -0.105. The van der Waals surface area contributed by atoms with E-state index in [0.29, 0.717) is 12.1 Å². The highest BCUT2D eigenvalue weighted by Crippen LogP contribution is 2.30. The van der Waals surface area contributed by atoms with Crippen LogP contribution < -0.4 is 5.32 Å². The molecular weight excluding hydrogens is 210 g/mol. The van der Waals surface area contributed by atoms with Crippen LogP contribution in [0.2, 0.25) is 0 Å². The van der Waals surface area contributed by atoms with E-state index in [1.54, 1.807) is 0 Å². The van der Waals surface area contributed by atoms with Crippen molar-refractivity contribution in [1.82, 2.24) is 5.32 Å². The lowest BCUT2D eigenvalue weighted by Crippen LogP contribution is -2.48. The van der Waals surface area contributed by atoms with Gasteiger partial charge >= 0.3 is 0 Å². The molecule has 3 unspecified atom stereocenters. The molecule has 3 atom stereocenters. The van der Waals surface area contributed by atoms with Gasteiger partial charge in [0.15, 0.2) is 0 Å².